The minimum Gasteiger partial charge on any atom is -0.398 e. The molecule has 2 N–H and O–H groups in total. The predicted octanol–water partition coefficient (Wildman–Crippen LogP) is 2.79. The summed E-state index contributed by atoms with van der Waals surface area (Å²) in [4.78, 5) is 1.39. The van der Waals surface area contributed by atoms with Crippen molar-refractivity contribution in [1.82, 2.24) is 4.90 Å². The van der Waals surface area contributed by atoms with Crippen molar-refractivity contribution in [2.75, 3.05) is 19.3 Å². The summed E-state index contributed by atoms with van der Waals surface area (Å²) in [5, 5.41) is 0. The van der Waals surface area contributed by atoms with E-state index in [1.165, 1.54) is 30.1 Å². The van der Waals surface area contributed by atoms with Gasteiger partial charge in [0.2, 0.25) is 0 Å². The molecule has 0 saturated carbocycles. The van der Waals surface area contributed by atoms with Crippen LogP contribution in [-0.4, -0.2) is 24.7 Å². The minimum atomic E-state index is -4.20. The summed E-state index contributed by atoms with van der Waals surface area (Å²) in [7, 11) is 1.50. The van der Waals surface area contributed by atoms with Gasteiger partial charge in [0.15, 0.2) is 0 Å². The van der Waals surface area contributed by atoms with Crippen molar-refractivity contribution in [3.8, 4) is 0 Å². The normalized spacial score (nSPS) is 12.1. The van der Waals surface area contributed by atoms with E-state index in [4.69, 9.17) is 5.73 Å². The SMILES string of the molecule is CN(CCC(F)(F)F)Cc1c(N)cccc1F. The Hall–Kier alpha value is -1.30. The number of nitrogens with zero attached hydrogens (tertiary/aromatic N) is 1. The predicted molar refractivity (Wildman–Crippen MR) is 57.8 cm³/mol. The van der Waals surface area contributed by atoms with Crippen molar-refractivity contribution in [3.05, 3.63) is 29.6 Å². The van der Waals surface area contributed by atoms with Gasteiger partial charge in [0.1, 0.15) is 5.82 Å². The molecule has 0 saturated heterocycles. The van der Waals surface area contributed by atoms with E-state index in [1.807, 2.05) is 0 Å². The molecule has 1 aromatic rings. The van der Waals surface area contributed by atoms with E-state index in [9.17, 15) is 17.6 Å². The van der Waals surface area contributed by atoms with Crippen molar-refractivity contribution in [2.45, 2.75) is 19.1 Å². The maximum absolute atomic E-state index is 13.4. The van der Waals surface area contributed by atoms with Gasteiger partial charge >= 0.3 is 6.18 Å². The first-order valence-electron chi connectivity index (χ1n) is 5.08. The molecule has 0 aromatic heterocycles. The second-order valence-electron chi connectivity index (χ2n) is 3.91. The number of rotatable bonds is 4. The molecule has 0 unspecified atom stereocenters. The lowest BCUT2D eigenvalue weighted by Gasteiger charge is -2.19. The first-order valence-corrected chi connectivity index (χ1v) is 5.08. The van der Waals surface area contributed by atoms with Crippen molar-refractivity contribution in [1.29, 1.82) is 0 Å². The molecule has 96 valence electrons. The molecular formula is C11H14F4N2. The Morgan fingerprint density at radius 3 is 2.47 bits per heavy atom. The maximum Gasteiger partial charge on any atom is 0.390 e. The van der Waals surface area contributed by atoms with Gasteiger partial charge in [-0.25, -0.2) is 4.39 Å². The fraction of sp³-hybridized carbons (Fsp3) is 0.455. The largest absolute Gasteiger partial charge is 0.398 e. The smallest absolute Gasteiger partial charge is 0.390 e. The van der Waals surface area contributed by atoms with Crippen LogP contribution in [0.2, 0.25) is 0 Å². The lowest BCUT2D eigenvalue weighted by atomic mass is 10.1. The van der Waals surface area contributed by atoms with Gasteiger partial charge < -0.3 is 10.6 Å². The standard InChI is InChI=1S/C11H14F4N2/c1-17(6-5-11(13,14)15)7-8-9(12)3-2-4-10(8)16/h2-4H,5-7,16H2,1H3. The summed E-state index contributed by atoms with van der Waals surface area (Å²) in [5.74, 6) is -0.496. The summed E-state index contributed by atoms with van der Waals surface area (Å²) in [5.41, 5.74) is 6.05. The lowest BCUT2D eigenvalue weighted by molar-refractivity contribution is -0.137. The summed E-state index contributed by atoms with van der Waals surface area (Å²) in [6.45, 7) is -0.119. The molecule has 0 atom stereocenters. The molecule has 1 aromatic carbocycles. The van der Waals surface area contributed by atoms with Gasteiger partial charge in [0, 0.05) is 24.3 Å². The molecule has 0 heterocycles. The van der Waals surface area contributed by atoms with Gasteiger partial charge in [-0.3, -0.25) is 0 Å². The van der Waals surface area contributed by atoms with E-state index in [0.29, 0.717) is 0 Å². The quantitative estimate of drug-likeness (QED) is 0.657. The van der Waals surface area contributed by atoms with Crippen LogP contribution in [0.1, 0.15) is 12.0 Å². The second-order valence-corrected chi connectivity index (χ2v) is 3.91. The van der Waals surface area contributed by atoms with Crippen LogP contribution in [0.4, 0.5) is 23.2 Å². The van der Waals surface area contributed by atoms with E-state index in [0.717, 1.165) is 0 Å². The zero-order chi connectivity index (χ0) is 13.1. The Balaban J connectivity index is 2.59. The van der Waals surface area contributed by atoms with Crippen LogP contribution in [0, 0.1) is 5.82 Å². The summed E-state index contributed by atoms with van der Waals surface area (Å²) < 4.78 is 49.3. The van der Waals surface area contributed by atoms with E-state index in [2.05, 4.69) is 0 Å². The summed E-state index contributed by atoms with van der Waals surface area (Å²) >= 11 is 0. The Bertz CT molecular complexity index is 356. The Morgan fingerprint density at radius 2 is 1.94 bits per heavy atom. The fourth-order valence-corrected chi connectivity index (χ4v) is 1.41. The van der Waals surface area contributed by atoms with Crippen LogP contribution in [0.25, 0.3) is 0 Å². The third-order valence-electron chi connectivity index (χ3n) is 2.36. The van der Waals surface area contributed by atoms with Crippen LogP contribution < -0.4 is 5.73 Å². The molecule has 0 aliphatic heterocycles. The first kappa shape index (κ1) is 13.8. The molecule has 0 spiro atoms. The molecule has 0 aliphatic carbocycles. The van der Waals surface area contributed by atoms with E-state index < -0.39 is 18.4 Å². The topological polar surface area (TPSA) is 29.3 Å². The molecule has 0 radical (unpaired) electrons. The number of nitrogen functional groups attached to an aromatic ring is 1. The van der Waals surface area contributed by atoms with Crippen LogP contribution >= 0.6 is 0 Å². The summed E-state index contributed by atoms with van der Waals surface area (Å²) in [6, 6.07) is 4.23. The fourth-order valence-electron chi connectivity index (χ4n) is 1.41. The molecule has 0 amide bonds. The van der Waals surface area contributed by atoms with Gasteiger partial charge in [-0.1, -0.05) is 6.07 Å². The third-order valence-corrected chi connectivity index (χ3v) is 2.36. The van der Waals surface area contributed by atoms with Crippen molar-refractivity contribution < 1.29 is 17.6 Å². The number of alkyl halides is 3. The molecule has 0 aliphatic rings. The number of anilines is 1. The summed E-state index contributed by atoms with van der Waals surface area (Å²) in [6.07, 6.45) is -5.12. The van der Waals surface area contributed by atoms with Gasteiger partial charge in [-0.15, -0.1) is 0 Å². The highest BCUT2D eigenvalue weighted by Gasteiger charge is 2.27. The Labute approximate surface area is 97.0 Å². The number of hydrogen-bond acceptors (Lipinski definition) is 2. The highest BCUT2D eigenvalue weighted by Crippen LogP contribution is 2.21. The monoisotopic (exact) mass is 250 g/mol. The van der Waals surface area contributed by atoms with Gasteiger partial charge in [0.25, 0.3) is 0 Å². The maximum atomic E-state index is 13.4. The second kappa shape index (κ2) is 5.35. The number of benzene rings is 1. The van der Waals surface area contributed by atoms with Gasteiger partial charge in [0.05, 0.1) is 6.42 Å². The first-order chi connectivity index (χ1) is 7.79. The minimum absolute atomic E-state index is 0.0641. The van der Waals surface area contributed by atoms with E-state index in [1.54, 1.807) is 0 Å². The van der Waals surface area contributed by atoms with Crippen LogP contribution in [0.3, 0.4) is 0 Å². The van der Waals surface area contributed by atoms with Crippen LogP contribution in [0.15, 0.2) is 18.2 Å². The lowest BCUT2D eigenvalue weighted by Crippen LogP contribution is -2.25. The molecular weight excluding hydrogens is 236 g/mol. The highest BCUT2D eigenvalue weighted by molar-refractivity contribution is 5.47. The Morgan fingerprint density at radius 1 is 1.29 bits per heavy atom. The molecule has 1 rings (SSSR count). The highest BCUT2D eigenvalue weighted by atomic mass is 19.4. The molecule has 6 heteroatoms. The Kier molecular flexibility index (Phi) is 4.34. The molecule has 0 bridgehead atoms. The molecule has 0 fully saturated rings. The van der Waals surface area contributed by atoms with Crippen molar-refractivity contribution in [3.63, 3.8) is 0 Å². The zero-order valence-corrected chi connectivity index (χ0v) is 9.39. The number of nitrogens with two attached hydrogens (primary N) is 1. The average Bonchev–Trinajstić information content (AvgIpc) is 2.20. The van der Waals surface area contributed by atoms with Gasteiger partial charge in [-0.2, -0.15) is 13.2 Å². The van der Waals surface area contributed by atoms with E-state index in [-0.39, 0.29) is 24.3 Å². The van der Waals surface area contributed by atoms with Crippen molar-refractivity contribution >= 4 is 5.69 Å². The van der Waals surface area contributed by atoms with Crippen molar-refractivity contribution in [2.24, 2.45) is 0 Å². The van der Waals surface area contributed by atoms with Gasteiger partial charge in [-0.05, 0) is 19.2 Å². The zero-order valence-electron chi connectivity index (χ0n) is 9.39. The third kappa shape index (κ3) is 4.60. The van der Waals surface area contributed by atoms with E-state index >= 15 is 0 Å². The molecule has 17 heavy (non-hydrogen) atoms. The van der Waals surface area contributed by atoms with Crippen LogP contribution in [0.5, 0.6) is 0 Å². The molecule has 2 nitrogen and oxygen atoms in total. The average molecular weight is 250 g/mol. The van der Waals surface area contributed by atoms with Crippen LogP contribution in [-0.2, 0) is 6.54 Å². The number of hydrogen-bond donors (Lipinski definition) is 1. The number of halogens is 4.